The van der Waals surface area contributed by atoms with Crippen LogP contribution in [0.3, 0.4) is 0 Å². The van der Waals surface area contributed by atoms with Crippen molar-refractivity contribution in [3.8, 4) is 0 Å². The number of rotatable bonds is 5. The average Bonchev–Trinajstić information content (AvgIpc) is 2.84. The predicted molar refractivity (Wildman–Crippen MR) is 86.2 cm³/mol. The van der Waals surface area contributed by atoms with Crippen LogP contribution in [0.5, 0.6) is 0 Å². The van der Waals surface area contributed by atoms with E-state index in [1.165, 1.54) is 15.6 Å². The first kappa shape index (κ1) is 16.4. The summed E-state index contributed by atoms with van der Waals surface area (Å²) in [5.41, 5.74) is 4.42. The third kappa shape index (κ3) is 3.45. The topological polar surface area (TPSA) is 50.3 Å². The Labute approximate surface area is 134 Å². The smallest absolute Gasteiger partial charge is 0.243 e. The number of thiazole rings is 1. The molecule has 0 atom stereocenters. The lowest BCUT2D eigenvalue weighted by atomic mass is 10.1. The van der Waals surface area contributed by atoms with Crippen molar-refractivity contribution in [3.63, 3.8) is 0 Å². The molecule has 21 heavy (non-hydrogen) atoms. The Morgan fingerprint density at radius 1 is 1.33 bits per heavy atom. The Morgan fingerprint density at radius 2 is 2.05 bits per heavy atom. The number of halogens is 1. The van der Waals surface area contributed by atoms with Gasteiger partial charge in [-0.15, -0.1) is 22.9 Å². The summed E-state index contributed by atoms with van der Waals surface area (Å²) >= 11 is 7.32. The summed E-state index contributed by atoms with van der Waals surface area (Å²) in [5.74, 6) is 0.298. The van der Waals surface area contributed by atoms with E-state index >= 15 is 0 Å². The van der Waals surface area contributed by atoms with E-state index in [4.69, 9.17) is 11.6 Å². The summed E-state index contributed by atoms with van der Waals surface area (Å²) in [7, 11) is -1.95. The Balaban J connectivity index is 2.31. The van der Waals surface area contributed by atoms with Crippen LogP contribution < -0.4 is 0 Å². The Morgan fingerprint density at radius 3 is 2.62 bits per heavy atom. The highest BCUT2D eigenvalue weighted by Gasteiger charge is 2.22. The third-order valence-electron chi connectivity index (χ3n) is 3.38. The molecule has 2 aromatic rings. The van der Waals surface area contributed by atoms with Crippen LogP contribution in [0.1, 0.15) is 21.7 Å². The third-order valence-corrected chi connectivity index (χ3v) is 6.39. The fourth-order valence-corrected chi connectivity index (χ4v) is 4.29. The number of aromatic nitrogens is 1. The molecule has 7 heteroatoms. The van der Waals surface area contributed by atoms with Crippen molar-refractivity contribution in [3.05, 3.63) is 45.4 Å². The zero-order valence-electron chi connectivity index (χ0n) is 12.1. The van der Waals surface area contributed by atoms with Crippen LogP contribution in [0.2, 0.25) is 0 Å². The molecule has 4 nitrogen and oxygen atoms in total. The van der Waals surface area contributed by atoms with E-state index in [2.05, 4.69) is 4.98 Å². The van der Waals surface area contributed by atoms with Crippen molar-refractivity contribution < 1.29 is 8.42 Å². The van der Waals surface area contributed by atoms with Gasteiger partial charge >= 0.3 is 0 Å². The lowest BCUT2D eigenvalue weighted by Gasteiger charge is -2.17. The molecule has 0 saturated heterocycles. The first-order chi connectivity index (χ1) is 9.86. The van der Waals surface area contributed by atoms with Gasteiger partial charge in [-0.1, -0.05) is 6.07 Å². The van der Waals surface area contributed by atoms with Crippen LogP contribution in [-0.2, 0) is 22.4 Å². The second kappa shape index (κ2) is 6.44. The van der Waals surface area contributed by atoms with E-state index in [1.54, 1.807) is 30.8 Å². The number of nitrogens with zero attached hydrogens (tertiary/aromatic N) is 2. The van der Waals surface area contributed by atoms with Crippen molar-refractivity contribution in [1.29, 1.82) is 0 Å². The van der Waals surface area contributed by atoms with Gasteiger partial charge in [0.25, 0.3) is 0 Å². The van der Waals surface area contributed by atoms with Gasteiger partial charge in [0.05, 0.1) is 16.1 Å². The van der Waals surface area contributed by atoms with E-state index in [-0.39, 0.29) is 4.90 Å². The standard InChI is InChI=1S/C14H17ClN2O2S2/c1-10-4-5-13(6-12(10)7-15)21(18,19)17(3)8-14-11(2)16-9-20-14/h4-6,9H,7-8H2,1-3H3. The molecule has 0 bridgehead atoms. The molecule has 0 aliphatic heterocycles. The predicted octanol–water partition coefficient (Wildman–Crippen LogP) is 3.32. The van der Waals surface area contributed by atoms with E-state index in [9.17, 15) is 8.42 Å². The zero-order chi connectivity index (χ0) is 15.6. The van der Waals surface area contributed by atoms with Crippen LogP contribution >= 0.6 is 22.9 Å². The van der Waals surface area contributed by atoms with E-state index in [1.807, 2.05) is 13.8 Å². The molecule has 0 saturated carbocycles. The van der Waals surface area contributed by atoms with Crippen LogP contribution in [0, 0.1) is 13.8 Å². The average molecular weight is 345 g/mol. The van der Waals surface area contributed by atoms with E-state index < -0.39 is 10.0 Å². The number of hydrogen-bond acceptors (Lipinski definition) is 4. The fourth-order valence-electron chi connectivity index (χ4n) is 1.90. The Hall–Kier alpha value is -0.950. The number of aryl methyl sites for hydroxylation is 2. The minimum Gasteiger partial charge on any atom is -0.250 e. The molecule has 1 aromatic carbocycles. The van der Waals surface area contributed by atoms with Crippen LogP contribution in [0.15, 0.2) is 28.6 Å². The second-order valence-corrected chi connectivity index (χ2v) is 8.10. The number of sulfonamides is 1. The first-order valence-corrected chi connectivity index (χ1v) is 9.22. The quantitative estimate of drug-likeness (QED) is 0.782. The Bertz CT molecular complexity index is 741. The van der Waals surface area contributed by atoms with Gasteiger partial charge in [-0.2, -0.15) is 4.31 Å². The molecule has 1 heterocycles. The molecule has 2 rings (SSSR count). The molecular weight excluding hydrogens is 328 g/mol. The SMILES string of the molecule is Cc1ccc(S(=O)(=O)N(C)Cc2scnc2C)cc1CCl. The molecule has 1 aromatic heterocycles. The molecule has 0 spiro atoms. The molecule has 114 valence electrons. The molecule has 0 aliphatic rings. The number of hydrogen-bond donors (Lipinski definition) is 0. The normalized spacial score (nSPS) is 12.0. The molecular formula is C14H17ClN2O2S2. The number of benzene rings is 1. The molecule has 0 fully saturated rings. The van der Waals surface area contributed by atoms with Crippen molar-refractivity contribution in [2.45, 2.75) is 31.2 Å². The largest absolute Gasteiger partial charge is 0.250 e. The summed E-state index contributed by atoms with van der Waals surface area (Å²) in [6.45, 7) is 4.12. The van der Waals surface area contributed by atoms with Gasteiger partial charge in [0.2, 0.25) is 10.0 Å². The summed E-state index contributed by atoms with van der Waals surface area (Å²) in [4.78, 5) is 5.36. The zero-order valence-corrected chi connectivity index (χ0v) is 14.5. The van der Waals surface area contributed by atoms with Gasteiger partial charge in [0, 0.05) is 24.3 Å². The Kier molecular flexibility index (Phi) is 5.03. The summed E-state index contributed by atoms with van der Waals surface area (Å²) in [6.07, 6.45) is 0. The van der Waals surface area contributed by atoms with E-state index in [0.717, 1.165) is 21.7 Å². The molecule has 0 amide bonds. The van der Waals surface area contributed by atoms with Gasteiger partial charge in [-0.25, -0.2) is 13.4 Å². The molecule has 0 aliphatic carbocycles. The van der Waals surface area contributed by atoms with Gasteiger partial charge in [-0.05, 0) is 37.1 Å². The maximum atomic E-state index is 12.6. The van der Waals surface area contributed by atoms with Crippen LogP contribution in [0.25, 0.3) is 0 Å². The highest BCUT2D eigenvalue weighted by molar-refractivity contribution is 7.89. The molecule has 0 N–H and O–H groups in total. The van der Waals surface area contributed by atoms with E-state index in [0.29, 0.717) is 12.4 Å². The van der Waals surface area contributed by atoms with Gasteiger partial charge in [-0.3, -0.25) is 0 Å². The van der Waals surface area contributed by atoms with Crippen LogP contribution in [0.4, 0.5) is 0 Å². The van der Waals surface area contributed by atoms with Gasteiger partial charge in [0.1, 0.15) is 0 Å². The maximum absolute atomic E-state index is 12.6. The van der Waals surface area contributed by atoms with Crippen molar-refractivity contribution >= 4 is 33.0 Å². The number of alkyl halides is 1. The molecule has 0 radical (unpaired) electrons. The monoisotopic (exact) mass is 344 g/mol. The second-order valence-electron chi connectivity index (χ2n) is 4.84. The summed E-state index contributed by atoms with van der Waals surface area (Å²) < 4.78 is 26.6. The maximum Gasteiger partial charge on any atom is 0.243 e. The minimum absolute atomic E-state index is 0.272. The lowest BCUT2D eigenvalue weighted by molar-refractivity contribution is 0.468. The molecule has 0 unspecified atom stereocenters. The summed E-state index contributed by atoms with van der Waals surface area (Å²) in [6, 6.07) is 5.06. The van der Waals surface area contributed by atoms with Crippen molar-refractivity contribution in [2.24, 2.45) is 0 Å². The lowest BCUT2D eigenvalue weighted by Crippen LogP contribution is -2.26. The van der Waals surface area contributed by atoms with Gasteiger partial charge < -0.3 is 0 Å². The van der Waals surface area contributed by atoms with Gasteiger partial charge in [0.15, 0.2) is 0 Å². The van der Waals surface area contributed by atoms with Crippen molar-refractivity contribution in [1.82, 2.24) is 9.29 Å². The highest BCUT2D eigenvalue weighted by atomic mass is 35.5. The van der Waals surface area contributed by atoms with Crippen molar-refractivity contribution in [2.75, 3.05) is 7.05 Å². The first-order valence-electron chi connectivity index (χ1n) is 6.37. The summed E-state index contributed by atoms with van der Waals surface area (Å²) in [5, 5.41) is 0. The minimum atomic E-state index is -3.53. The van der Waals surface area contributed by atoms with Crippen LogP contribution in [-0.4, -0.2) is 24.8 Å². The fraction of sp³-hybridized carbons (Fsp3) is 0.357. The highest BCUT2D eigenvalue weighted by Crippen LogP contribution is 2.23.